The predicted molar refractivity (Wildman–Crippen MR) is 144 cm³/mol. The van der Waals surface area contributed by atoms with E-state index in [4.69, 9.17) is 14.2 Å². The van der Waals surface area contributed by atoms with E-state index in [1.165, 1.54) is 12.1 Å². The van der Waals surface area contributed by atoms with Gasteiger partial charge in [0.15, 0.2) is 11.5 Å². The molecule has 0 fully saturated rings. The highest BCUT2D eigenvalue weighted by atomic mass is 16.6. The fourth-order valence-corrected chi connectivity index (χ4v) is 3.75. The van der Waals surface area contributed by atoms with E-state index in [1.54, 1.807) is 19.9 Å². The fraction of sp³-hybridized carbons (Fsp3) is 0.655. The van der Waals surface area contributed by atoms with E-state index in [0.29, 0.717) is 31.2 Å². The molecule has 0 heterocycles. The summed E-state index contributed by atoms with van der Waals surface area (Å²) in [5.74, 6) is -2.79. The second-order valence-electron chi connectivity index (χ2n) is 9.63. The highest BCUT2D eigenvalue weighted by molar-refractivity contribution is 5.82. The summed E-state index contributed by atoms with van der Waals surface area (Å²) in [7, 11) is 0. The smallest absolute Gasteiger partial charge is 0.364 e. The number of esters is 3. The Hall–Kier alpha value is -2.94. The minimum atomic E-state index is -2.03. The molecule has 1 aromatic carbocycles. The molecule has 1 unspecified atom stereocenters. The number of carboxylic acids is 1. The minimum absolute atomic E-state index is 0.0237. The highest BCUT2D eigenvalue weighted by Crippen LogP contribution is 2.32. The third kappa shape index (κ3) is 11.6. The number of hydrogen-bond donors (Lipinski definition) is 2. The summed E-state index contributed by atoms with van der Waals surface area (Å²) in [5, 5.41) is 13.1. The molecule has 1 rings (SSSR count). The summed E-state index contributed by atoms with van der Waals surface area (Å²) in [6.45, 7) is 9.55. The van der Waals surface area contributed by atoms with Gasteiger partial charge in [0.1, 0.15) is 0 Å². The Balaban J connectivity index is 3.34. The van der Waals surface area contributed by atoms with E-state index in [9.17, 15) is 24.3 Å². The van der Waals surface area contributed by atoms with E-state index >= 15 is 0 Å². The van der Waals surface area contributed by atoms with Crippen LogP contribution in [0.15, 0.2) is 18.2 Å². The number of aliphatic carboxylic acids is 1. The molecule has 9 heteroatoms. The third-order valence-corrected chi connectivity index (χ3v) is 6.06. The maximum absolute atomic E-state index is 12.5. The largest absolute Gasteiger partial charge is 0.477 e. The molecule has 0 saturated carbocycles. The van der Waals surface area contributed by atoms with Gasteiger partial charge in [-0.15, -0.1) is 0 Å². The molecule has 2 N–H and O–H groups in total. The van der Waals surface area contributed by atoms with Crippen molar-refractivity contribution in [2.24, 2.45) is 0 Å². The van der Waals surface area contributed by atoms with Crippen LogP contribution in [0.4, 0.5) is 0 Å². The van der Waals surface area contributed by atoms with Crippen LogP contribution in [0.5, 0.6) is 11.5 Å². The molecule has 0 aliphatic rings. The summed E-state index contributed by atoms with van der Waals surface area (Å²) >= 11 is 0. The summed E-state index contributed by atoms with van der Waals surface area (Å²) in [4.78, 5) is 49.7. The monoisotopic (exact) mass is 535 g/mol. The van der Waals surface area contributed by atoms with Crippen LogP contribution in [0.1, 0.15) is 111 Å². The molecule has 9 nitrogen and oxygen atoms in total. The van der Waals surface area contributed by atoms with Gasteiger partial charge in [-0.25, -0.2) is 4.79 Å². The van der Waals surface area contributed by atoms with Crippen molar-refractivity contribution in [3.63, 3.8) is 0 Å². The van der Waals surface area contributed by atoms with Crippen molar-refractivity contribution in [3.05, 3.63) is 23.8 Å². The van der Waals surface area contributed by atoms with E-state index in [1.807, 2.05) is 20.8 Å². The number of carboxylic acid groups (broad SMARTS) is 1. The van der Waals surface area contributed by atoms with E-state index < -0.39 is 29.6 Å². The van der Waals surface area contributed by atoms with Gasteiger partial charge in [0, 0.05) is 31.7 Å². The first-order chi connectivity index (χ1) is 18.1. The Morgan fingerprint density at radius 3 is 1.89 bits per heavy atom. The Kier molecular flexibility index (Phi) is 15.3. The molecule has 0 amide bonds. The summed E-state index contributed by atoms with van der Waals surface area (Å²) in [6.07, 6.45) is 6.41. The normalized spacial score (nSPS) is 13.3. The van der Waals surface area contributed by atoms with Crippen LogP contribution in [0.25, 0.3) is 0 Å². The Labute approximate surface area is 226 Å². The first-order valence-corrected chi connectivity index (χ1v) is 13.9. The second kappa shape index (κ2) is 17.5. The van der Waals surface area contributed by atoms with Crippen molar-refractivity contribution in [2.45, 2.75) is 123 Å². The van der Waals surface area contributed by atoms with Crippen molar-refractivity contribution < 1.29 is 38.5 Å². The molecular formula is C29H45NO8. The van der Waals surface area contributed by atoms with Crippen molar-refractivity contribution in [2.75, 3.05) is 0 Å². The average molecular weight is 536 g/mol. The zero-order valence-electron chi connectivity index (χ0n) is 23.6. The molecule has 0 aliphatic carbocycles. The van der Waals surface area contributed by atoms with Gasteiger partial charge >= 0.3 is 23.9 Å². The van der Waals surface area contributed by atoms with E-state index in [0.717, 1.165) is 25.7 Å². The SMILES string of the molecule is CCCCCC(=O)Oc1ccc(C[C@](NC(C)CC)(OC(=O)CCC)C(=O)O)cc1OC(=O)CCCCC. The molecule has 1 aromatic rings. The number of carbonyl (C=O) groups is 4. The van der Waals surface area contributed by atoms with Gasteiger partial charge in [0.2, 0.25) is 0 Å². The summed E-state index contributed by atoms with van der Waals surface area (Å²) in [6, 6.07) is 4.26. The first kappa shape index (κ1) is 33.1. The molecule has 0 saturated heterocycles. The molecule has 2 atom stereocenters. The molecule has 0 spiro atoms. The Morgan fingerprint density at radius 2 is 1.39 bits per heavy atom. The Morgan fingerprint density at radius 1 is 0.816 bits per heavy atom. The Bertz CT molecular complexity index is 916. The van der Waals surface area contributed by atoms with E-state index in [2.05, 4.69) is 5.32 Å². The maximum Gasteiger partial charge on any atom is 0.364 e. The molecule has 0 aromatic heterocycles. The number of nitrogens with one attached hydrogen (secondary N) is 1. The van der Waals surface area contributed by atoms with Gasteiger partial charge in [0.05, 0.1) is 0 Å². The quantitative estimate of drug-likeness (QED) is 0.0990. The predicted octanol–water partition coefficient (Wildman–Crippen LogP) is 5.71. The lowest BCUT2D eigenvalue weighted by Crippen LogP contribution is -2.59. The number of unbranched alkanes of at least 4 members (excludes halogenated alkanes) is 4. The highest BCUT2D eigenvalue weighted by Gasteiger charge is 2.44. The number of hydrogen-bond acceptors (Lipinski definition) is 8. The minimum Gasteiger partial charge on any atom is -0.477 e. The van der Waals surface area contributed by atoms with Gasteiger partial charge in [0.25, 0.3) is 5.72 Å². The van der Waals surface area contributed by atoms with Crippen molar-refractivity contribution >= 4 is 23.9 Å². The van der Waals surface area contributed by atoms with Crippen LogP contribution in [-0.2, 0) is 30.3 Å². The van der Waals surface area contributed by atoms with Gasteiger partial charge in [-0.1, -0.05) is 59.4 Å². The molecule has 214 valence electrons. The van der Waals surface area contributed by atoms with Crippen molar-refractivity contribution in [1.29, 1.82) is 0 Å². The van der Waals surface area contributed by atoms with Crippen LogP contribution >= 0.6 is 0 Å². The van der Waals surface area contributed by atoms with Gasteiger partial charge in [-0.2, -0.15) is 0 Å². The second-order valence-corrected chi connectivity index (χ2v) is 9.63. The van der Waals surface area contributed by atoms with Gasteiger partial charge in [-0.3, -0.25) is 19.7 Å². The lowest BCUT2D eigenvalue weighted by molar-refractivity contribution is -0.184. The van der Waals surface area contributed by atoms with Crippen molar-refractivity contribution in [3.8, 4) is 11.5 Å². The van der Waals surface area contributed by atoms with E-state index in [-0.39, 0.29) is 43.2 Å². The van der Waals surface area contributed by atoms with Crippen LogP contribution in [0, 0.1) is 0 Å². The third-order valence-electron chi connectivity index (χ3n) is 6.06. The summed E-state index contributed by atoms with van der Waals surface area (Å²) < 4.78 is 16.6. The number of ether oxygens (including phenoxy) is 3. The first-order valence-electron chi connectivity index (χ1n) is 13.9. The van der Waals surface area contributed by atoms with Gasteiger partial charge < -0.3 is 19.3 Å². The summed E-state index contributed by atoms with van der Waals surface area (Å²) in [5.41, 5.74) is -1.60. The van der Waals surface area contributed by atoms with Crippen LogP contribution in [0.3, 0.4) is 0 Å². The van der Waals surface area contributed by atoms with Crippen LogP contribution in [0.2, 0.25) is 0 Å². The lowest BCUT2D eigenvalue weighted by atomic mass is 10.00. The van der Waals surface area contributed by atoms with Crippen LogP contribution < -0.4 is 14.8 Å². The fourth-order valence-electron chi connectivity index (χ4n) is 3.75. The maximum atomic E-state index is 12.5. The zero-order chi connectivity index (χ0) is 28.6. The number of carbonyl (C=O) groups excluding carboxylic acids is 3. The molecule has 0 aliphatic heterocycles. The lowest BCUT2D eigenvalue weighted by Gasteiger charge is -2.33. The zero-order valence-corrected chi connectivity index (χ0v) is 23.6. The molecular weight excluding hydrogens is 490 g/mol. The topological polar surface area (TPSA) is 128 Å². The molecule has 38 heavy (non-hydrogen) atoms. The average Bonchev–Trinajstić information content (AvgIpc) is 2.85. The van der Waals surface area contributed by atoms with Gasteiger partial charge in [-0.05, 0) is 50.3 Å². The van der Waals surface area contributed by atoms with Crippen molar-refractivity contribution in [1.82, 2.24) is 5.32 Å². The molecule has 0 radical (unpaired) electrons. The number of benzene rings is 1. The van der Waals surface area contributed by atoms with Crippen LogP contribution in [-0.4, -0.2) is 40.8 Å². The number of rotatable bonds is 19. The standard InChI is InChI=1S/C29H45NO8/c1-6-10-12-15-25(31)36-23-18-17-22(19-24(23)37-26(32)16-13-11-7-2)20-29(28(34)35,30-21(5)9-4)38-27(33)14-8-3/h17-19,21,30H,6-16,20H2,1-5H3,(H,34,35)/t21?,29-/m0/s1. The molecule has 0 bridgehead atoms.